The Morgan fingerprint density at radius 2 is 1.57 bits per heavy atom. The Balaban J connectivity index is 1.57. The van der Waals surface area contributed by atoms with Crippen LogP contribution in [0.2, 0.25) is 0 Å². The summed E-state index contributed by atoms with van der Waals surface area (Å²) in [7, 11) is 0. The summed E-state index contributed by atoms with van der Waals surface area (Å²) in [6.45, 7) is 0. The Kier molecular flexibility index (Phi) is 4.85. The summed E-state index contributed by atoms with van der Waals surface area (Å²) in [6, 6.07) is 29.0. The van der Waals surface area contributed by atoms with Crippen LogP contribution in [0.3, 0.4) is 0 Å². The number of hydrogen-bond acceptors (Lipinski definition) is 2. The predicted molar refractivity (Wildman–Crippen MR) is 112 cm³/mol. The number of aromatic nitrogens is 1. The minimum absolute atomic E-state index is 0.255. The molecule has 1 N–H and O–H groups in total. The van der Waals surface area contributed by atoms with Gasteiger partial charge >= 0.3 is 5.97 Å². The average Bonchev–Trinajstić information content (AvgIpc) is 3.22. The minimum atomic E-state index is -0.942. The van der Waals surface area contributed by atoms with Crippen molar-refractivity contribution >= 4 is 17.9 Å². The molecule has 0 spiro atoms. The maximum Gasteiger partial charge on any atom is 0.335 e. The highest BCUT2D eigenvalue weighted by Crippen LogP contribution is 2.22. The van der Waals surface area contributed by atoms with Gasteiger partial charge < -0.3 is 9.67 Å². The summed E-state index contributed by atoms with van der Waals surface area (Å²) >= 11 is 0. The van der Waals surface area contributed by atoms with Crippen molar-refractivity contribution < 1.29 is 9.90 Å². The lowest BCUT2D eigenvalue weighted by Crippen LogP contribution is -2.01. The van der Waals surface area contributed by atoms with Crippen LogP contribution in [0.1, 0.15) is 16.1 Å². The molecule has 1 heterocycles. The molecule has 0 saturated heterocycles. The van der Waals surface area contributed by atoms with Crippen LogP contribution in [0.15, 0.2) is 102 Å². The van der Waals surface area contributed by atoms with Gasteiger partial charge in [0.1, 0.15) is 0 Å². The van der Waals surface area contributed by atoms with Crippen molar-refractivity contribution in [3.05, 3.63) is 108 Å². The van der Waals surface area contributed by atoms with E-state index in [0.29, 0.717) is 0 Å². The molecule has 4 aromatic rings. The van der Waals surface area contributed by atoms with Crippen molar-refractivity contribution in [1.82, 2.24) is 4.57 Å². The normalized spacial score (nSPS) is 11.0. The fourth-order valence-electron chi connectivity index (χ4n) is 3.03. The third-order valence-corrected chi connectivity index (χ3v) is 4.47. The second kappa shape index (κ2) is 7.76. The van der Waals surface area contributed by atoms with Crippen LogP contribution in [0.4, 0.5) is 5.69 Å². The van der Waals surface area contributed by atoms with E-state index in [2.05, 4.69) is 29.3 Å². The first kappa shape index (κ1) is 17.5. The summed E-state index contributed by atoms with van der Waals surface area (Å²) < 4.78 is 1.91. The minimum Gasteiger partial charge on any atom is -0.478 e. The molecule has 28 heavy (non-hydrogen) atoms. The molecule has 0 aliphatic rings. The fraction of sp³-hybridized carbons (Fsp3) is 0. The van der Waals surface area contributed by atoms with Crippen molar-refractivity contribution in [2.45, 2.75) is 0 Å². The maximum absolute atomic E-state index is 11.2. The van der Waals surface area contributed by atoms with Crippen molar-refractivity contribution in [3.63, 3.8) is 0 Å². The zero-order valence-corrected chi connectivity index (χ0v) is 15.1. The molecule has 0 atom stereocenters. The Morgan fingerprint density at radius 3 is 2.32 bits per heavy atom. The standard InChI is InChI=1S/C24H18N2O2/c27-24(28)20-8-4-9-22(16-20)26-15-5-10-23(26)17-25-21-13-11-19(12-14-21)18-6-2-1-3-7-18/h1-17H,(H,27,28). The summed E-state index contributed by atoms with van der Waals surface area (Å²) in [5.41, 5.74) is 5.08. The number of aliphatic imine (C=N–C) groups is 1. The summed E-state index contributed by atoms with van der Waals surface area (Å²) in [4.78, 5) is 15.8. The Hall–Kier alpha value is -3.92. The van der Waals surface area contributed by atoms with E-state index < -0.39 is 5.97 Å². The maximum atomic E-state index is 11.2. The molecule has 3 aromatic carbocycles. The van der Waals surface area contributed by atoms with Gasteiger partial charge in [-0.15, -0.1) is 0 Å². The largest absolute Gasteiger partial charge is 0.478 e. The van der Waals surface area contributed by atoms with E-state index in [4.69, 9.17) is 0 Å². The van der Waals surface area contributed by atoms with Crippen molar-refractivity contribution in [3.8, 4) is 16.8 Å². The molecule has 136 valence electrons. The second-order valence-electron chi connectivity index (χ2n) is 6.33. The summed E-state index contributed by atoms with van der Waals surface area (Å²) in [5.74, 6) is -0.942. The second-order valence-corrected chi connectivity index (χ2v) is 6.33. The molecule has 0 unspecified atom stereocenters. The van der Waals surface area contributed by atoms with E-state index in [1.807, 2.05) is 59.3 Å². The molecular weight excluding hydrogens is 348 g/mol. The number of carboxylic acids is 1. The highest BCUT2D eigenvalue weighted by atomic mass is 16.4. The first-order valence-electron chi connectivity index (χ1n) is 8.91. The van der Waals surface area contributed by atoms with Gasteiger partial charge in [0.2, 0.25) is 0 Å². The molecule has 0 radical (unpaired) electrons. The van der Waals surface area contributed by atoms with Crippen molar-refractivity contribution in [2.24, 2.45) is 4.99 Å². The smallest absolute Gasteiger partial charge is 0.335 e. The highest BCUT2D eigenvalue weighted by molar-refractivity contribution is 5.88. The SMILES string of the molecule is O=C(O)c1cccc(-n2cccc2C=Nc2ccc(-c3ccccc3)cc2)c1. The van der Waals surface area contributed by atoms with Crippen molar-refractivity contribution in [2.75, 3.05) is 0 Å². The predicted octanol–water partition coefficient (Wildman–Crippen LogP) is 5.59. The van der Waals surface area contributed by atoms with Crippen molar-refractivity contribution in [1.29, 1.82) is 0 Å². The Morgan fingerprint density at radius 1 is 0.821 bits per heavy atom. The van der Waals surface area contributed by atoms with E-state index in [9.17, 15) is 9.90 Å². The lowest BCUT2D eigenvalue weighted by molar-refractivity contribution is 0.0697. The van der Waals surface area contributed by atoms with Crippen LogP contribution >= 0.6 is 0 Å². The van der Waals surface area contributed by atoms with Gasteiger partial charge in [0.15, 0.2) is 0 Å². The molecule has 0 bridgehead atoms. The zero-order chi connectivity index (χ0) is 19.3. The topological polar surface area (TPSA) is 54.6 Å². The Bertz CT molecular complexity index is 1130. The summed E-state index contributed by atoms with van der Waals surface area (Å²) in [5, 5.41) is 9.20. The third kappa shape index (κ3) is 3.76. The molecule has 4 rings (SSSR count). The Labute approximate surface area is 163 Å². The van der Waals surface area contributed by atoms with Crippen LogP contribution in [0, 0.1) is 0 Å². The van der Waals surface area contributed by atoms with E-state index in [1.54, 1.807) is 24.4 Å². The molecule has 0 fully saturated rings. The van der Waals surface area contributed by atoms with Gasteiger partial charge in [0.25, 0.3) is 0 Å². The van der Waals surface area contributed by atoms with Gasteiger partial charge in [-0.2, -0.15) is 0 Å². The van der Waals surface area contributed by atoms with E-state index in [-0.39, 0.29) is 5.56 Å². The van der Waals surface area contributed by atoms with Gasteiger partial charge in [-0.25, -0.2) is 4.79 Å². The number of carbonyl (C=O) groups is 1. The lowest BCUT2D eigenvalue weighted by atomic mass is 10.1. The highest BCUT2D eigenvalue weighted by Gasteiger charge is 2.06. The molecule has 1 aromatic heterocycles. The zero-order valence-electron chi connectivity index (χ0n) is 15.1. The van der Waals surface area contributed by atoms with Crippen LogP contribution in [0.5, 0.6) is 0 Å². The number of hydrogen-bond donors (Lipinski definition) is 1. The van der Waals surface area contributed by atoms with Crippen LogP contribution < -0.4 is 0 Å². The number of aromatic carboxylic acids is 1. The van der Waals surface area contributed by atoms with Gasteiger partial charge in [-0.3, -0.25) is 4.99 Å². The molecule has 0 aliphatic carbocycles. The number of rotatable bonds is 5. The number of carboxylic acid groups (broad SMARTS) is 1. The van der Waals surface area contributed by atoms with E-state index in [1.165, 1.54) is 5.56 Å². The third-order valence-electron chi connectivity index (χ3n) is 4.47. The molecular formula is C24H18N2O2. The molecule has 0 saturated carbocycles. The van der Waals surface area contributed by atoms with Gasteiger partial charge in [-0.1, -0.05) is 48.5 Å². The number of benzene rings is 3. The fourth-order valence-corrected chi connectivity index (χ4v) is 3.03. The number of nitrogens with zero attached hydrogens (tertiary/aromatic N) is 2. The van der Waals surface area contributed by atoms with Gasteiger partial charge in [0.05, 0.1) is 23.2 Å². The van der Waals surface area contributed by atoms with Crippen LogP contribution in [-0.4, -0.2) is 21.9 Å². The summed E-state index contributed by atoms with van der Waals surface area (Å²) in [6.07, 6.45) is 3.67. The molecule has 4 heteroatoms. The van der Waals surface area contributed by atoms with E-state index in [0.717, 1.165) is 22.6 Å². The van der Waals surface area contributed by atoms with E-state index >= 15 is 0 Å². The van der Waals surface area contributed by atoms with Crippen LogP contribution in [-0.2, 0) is 0 Å². The first-order valence-corrected chi connectivity index (χ1v) is 8.91. The van der Waals surface area contributed by atoms with Gasteiger partial charge in [-0.05, 0) is 53.6 Å². The average molecular weight is 366 g/mol. The quantitative estimate of drug-likeness (QED) is 0.468. The molecule has 0 amide bonds. The van der Waals surface area contributed by atoms with Gasteiger partial charge in [0, 0.05) is 11.9 Å². The van der Waals surface area contributed by atoms with Crippen LogP contribution in [0.25, 0.3) is 16.8 Å². The molecule has 4 nitrogen and oxygen atoms in total. The molecule has 0 aliphatic heterocycles. The first-order chi connectivity index (χ1) is 13.7. The lowest BCUT2D eigenvalue weighted by Gasteiger charge is -2.07. The monoisotopic (exact) mass is 366 g/mol.